The van der Waals surface area contributed by atoms with Crippen LogP contribution in [0.2, 0.25) is 0 Å². The molecule has 0 bridgehead atoms. The van der Waals surface area contributed by atoms with Crippen LogP contribution in [-0.2, 0) is 13.1 Å². The Hall–Kier alpha value is -1.56. The van der Waals surface area contributed by atoms with Crippen molar-refractivity contribution in [1.82, 2.24) is 20.4 Å². The maximum atomic E-state index is 12.0. The molecule has 3 N–H and O–H groups in total. The zero-order valence-corrected chi connectivity index (χ0v) is 12.0. The van der Waals surface area contributed by atoms with Crippen LogP contribution in [0.25, 0.3) is 0 Å². The number of urea groups is 1. The van der Waals surface area contributed by atoms with Gasteiger partial charge in [0.2, 0.25) is 0 Å². The summed E-state index contributed by atoms with van der Waals surface area (Å²) in [6.45, 7) is 3.73. The first kappa shape index (κ1) is 13.4. The monoisotopic (exact) mass is 277 g/mol. The number of carbonyl (C=O) groups is 1. The summed E-state index contributed by atoms with van der Waals surface area (Å²) in [4.78, 5) is 12.0. The molecular formula is C14H23N5O. The van der Waals surface area contributed by atoms with Gasteiger partial charge in [0.1, 0.15) is 0 Å². The van der Waals surface area contributed by atoms with Crippen LogP contribution in [0.4, 0.5) is 10.5 Å². The van der Waals surface area contributed by atoms with Gasteiger partial charge < -0.3 is 16.0 Å². The third-order valence-corrected chi connectivity index (χ3v) is 4.20. The second-order valence-corrected chi connectivity index (χ2v) is 5.90. The van der Waals surface area contributed by atoms with Crippen LogP contribution in [0.15, 0.2) is 6.20 Å². The summed E-state index contributed by atoms with van der Waals surface area (Å²) >= 11 is 0. The molecule has 3 rings (SSSR count). The normalized spacial score (nSPS) is 23.1. The summed E-state index contributed by atoms with van der Waals surface area (Å²) in [5.74, 6) is 0. The molecule has 1 saturated carbocycles. The van der Waals surface area contributed by atoms with Crippen LogP contribution in [0.3, 0.4) is 0 Å². The molecule has 20 heavy (non-hydrogen) atoms. The molecule has 110 valence electrons. The lowest BCUT2D eigenvalue weighted by Gasteiger charge is -2.24. The number of carbonyl (C=O) groups excluding carboxylic acids is 1. The SMILES string of the molecule is C[C@H]1Cn2ncc(NC(=O)NC3CCCCC3)c2CN1. The third-order valence-electron chi connectivity index (χ3n) is 4.20. The molecule has 1 aromatic rings. The molecule has 0 spiro atoms. The fourth-order valence-corrected chi connectivity index (χ4v) is 3.04. The molecule has 0 saturated heterocycles. The third kappa shape index (κ3) is 2.95. The number of aromatic nitrogens is 2. The smallest absolute Gasteiger partial charge is 0.319 e. The van der Waals surface area contributed by atoms with Crippen LogP contribution in [0.5, 0.6) is 0 Å². The molecule has 2 aliphatic rings. The Morgan fingerprint density at radius 1 is 1.40 bits per heavy atom. The standard InChI is InChI=1S/C14H23N5O/c1-10-9-19-13(8-15-10)12(7-16-19)18-14(20)17-11-5-3-2-4-6-11/h7,10-11,15H,2-6,8-9H2,1H3,(H2,17,18,20)/t10-/m0/s1. The van der Waals surface area contributed by atoms with Gasteiger partial charge in [0.25, 0.3) is 0 Å². The van der Waals surface area contributed by atoms with Gasteiger partial charge in [-0.15, -0.1) is 0 Å². The molecule has 1 aliphatic carbocycles. The van der Waals surface area contributed by atoms with E-state index in [1.807, 2.05) is 4.68 Å². The van der Waals surface area contributed by atoms with Crippen LogP contribution in [0.1, 0.15) is 44.7 Å². The predicted molar refractivity (Wildman–Crippen MR) is 77.6 cm³/mol. The minimum absolute atomic E-state index is 0.105. The largest absolute Gasteiger partial charge is 0.335 e. The van der Waals surface area contributed by atoms with Gasteiger partial charge in [-0.1, -0.05) is 19.3 Å². The molecule has 0 unspecified atom stereocenters. The van der Waals surface area contributed by atoms with E-state index in [-0.39, 0.29) is 6.03 Å². The first-order valence-corrected chi connectivity index (χ1v) is 7.58. The molecule has 1 atom stereocenters. The van der Waals surface area contributed by atoms with Gasteiger partial charge in [-0.3, -0.25) is 4.68 Å². The van der Waals surface area contributed by atoms with E-state index in [2.05, 4.69) is 28.0 Å². The van der Waals surface area contributed by atoms with E-state index in [9.17, 15) is 4.79 Å². The summed E-state index contributed by atoms with van der Waals surface area (Å²) in [7, 11) is 0. The van der Waals surface area contributed by atoms with Crippen molar-refractivity contribution in [3.8, 4) is 0 Å². The van der Waals surface area contributed by atoms with Gasteiger partial charge in [-0.25, -0.2) is 4.79 Å². The summed E-state index contributed by atoms with van der Waals surface area (Å²) < 4.78 is 1.97. The Kier molecular flexibility index (Phi) is 3.91. The summed E-state index contributed by atoms with van der Waals surface area (Å²) in [6, 6.07) is 0.644. The fourth-order valence-electron chi connectivity index (χ4n) is 3.04. The van der Waals surface area contributed by atoms with Crippen LogP contribution in [-0.4, -0.2) is 27.9 Å². The van der Waals surface area contributed by atoms with Crippen molar-refractivity contribution < 1.29 is 4.79 Å². The molecule has 6 heteroatoms. The number of amides is 2. The Bertz CT molecular complexity index is 478. The first-order chi connectivity index (χ1) is 9.72. The van der Waals surface area contributed by atoms with Gasteiger partial charge in [0.05, 0.1) is 24.1 Å². The number of hydrogen-bond acceptors (Lipinski definition) is 3. The number of fused-ring (bicyclic) bond motifs is 1. The maximum absolute atomic E-state index is 12.0. The summed E-state index contributed by atoms with van der Waals surface area (Å²) in [6.07, 6.45) is 7.67. The molecule has 0 radical (unpaired) electrons. The first-order valence-electron chi connectivity index (χ1n) is 7.58. The van der Waals surface area contributed by atoms with Gasteiger partial charge >= 0.3 is 6.03 Å². The molecule has 2 heterocycles. The molecule has 1 aromatic heterocycles. The average molecular weight is 277 g/mol. The lowest BCUT2D eigenvalue weighted by Crippen LogP contribution is -2.40. The van der Waals surface area contributed by atoms with Crippen molar-refractivity contribution in [3.63, 3.8) is 0 Å². The Morgan fingerprint density at radius 3 is 3.00 bits per heavy atom. The number of nitrogens with zero attached hydrogens (tertiary/aromatic N) is 2. The zero-order chi connectivity index (χ0) is 13.9. The highest BCUT2D eigenvalue weighted by Crippen LogP contribution is 2.20. The van der Waals surface area contributed by atoms with Crippen molar-refractivity contribution in [2.24, 2.45) is 0 Å². The van der Waals surface area contributed by atoms with Gasteiger partial charge in [-0.2, -0.15) is 5.10 Å². The number of nitrogens with one attached hydrogen (secondary N) is 3. The highest BCUT2D eigenvalue weighted by Gasteiger charge is 2.21. The Balaban J connectivity index is 1.59. The van der Waals surface area contributed by atoms with Crippen molar-refractivity contribution in [2.45, 2.75) is 64.2 Å². The molecular weight excluding hydrogens is 254 g/mol. The molecule has 2 amide bonds. The van der Waals surface area contributed by atoms with Crippen LogP contribution < -0.4 is 16.0 Å². The van der Waals surface area contributed by atoms with E-state index >= 15 is 0 Å². The zero-order valence-electron chi connectivity index (χ0n) is 12.0. The van der Waals surface area contributed by atoms with Crippen LogP contribution in [0, 0.1) is 0 Å². The van der Waals surface area contributed by atoms with Gasteiger partial charge in [0.15, 0.2) is 0 Å². The van der Waals surface area contributed by atoms with E-state index in [0.29, 0.717) is 12.1 Å². The number of hydrogen-bond donors (Lipinski definition) is 3. The minimum Gasteiger partial charge on any atom is -0.335 e. The van der Waals surface area contributed by atoms with E-state index < -0.39 is 0 Å². The average Bonchev–Trinajstić information content (AvgIpc) is 2.82. The minimum atomic E-state index is -0.105. The summed E-state index contributed by atoms with van der Waals surface area (Å²) in [5, 5.41) is 13.7. The summed E-state index contributed by atoms with van der Waals surface area (Å²) in [5.41, 5.74) is 1.87. The number of rotatable bonds is 2. The van der Waals surface area contributed by atoms with E-state index in [0.717, 1.165) is 37.3 Å². The van der Waals surface area contributed by atoms with Gasteiger partial charge in [0, 0.05) is 18.6 Å². The van der Waals surface area contributed by atoms with Crippen molar-refractivity contribution in [1.29, 1.82) is 0 Å². The Labute approximate surface area is 119 Å². The Morgan fingerprint density at radius 2 is 2.20 bits per heavy atom. The second kappa shape index (κ2) is 5.83. The quantitative estimate of drug-likeness (QED) is 0.772. The van der Waals surface area contributed by atoms with Crippen molar-refractivity contribution in [3.05, 3.63) is 11.9 Å². The molecule has 1 fully saturated rings. The van der Waals surface area contributed by atoms with E-state index in [1.165, 1.54) is 19.3 Å². The molecule has 1 aliphatic heterocycles. The van der Waals surface area contributed by atoms with Crippen molar-refractivity contribution >= 4 is 11.7 Å². The maximum Gasteiger partial charge on any atom is 0.319 e. The second-order valence-electron chi connectivity index (χ2n) is 5.90. The molecule has 6 nitrogen and oxygen atoms in total. The van der Waals surface area contributed by atoms with E-state index in [4.69, 9.17) is 0 Å². The fraction of sp³-hybridized carbons (Fsp3) is 0.714. The topological polar surface area (TPSA) is 71.0 Å². The highest BCUT2D eigenvalue weighted by molar-refractivity contribution is 5.89. The molecule has 0 aromatic carbocycles. The van der Waals surface area contributed by atoms with Crippen molar-refractivity contribution in [2.75, 3.05) is 5.32 Å². The lowest BCUT2D eigenvalue weighted by atomic mass is 9.96. The van der Waals surface area contributed by atoms with Gasteiger partial charge in [-0.05, 0) is 19.8 Å². The number of anilines is 1. The van der Waals surface area contributed by atoms with E-state index in [1.54, 1.807) is 6.20 Å². The van der Waals surface area contributed by atoms with Crippen LogP contribution >= 0.6 is 0 Å². The predicted octanol–water partition coefficient (Wildman–Crippen LogP) is 1.83. The highest BCUT2D eigenvalue weighted by atomic mass is 16.2. The lowest BCUT2D eigenvalue weighted by molar-refractivity contribution is 0.244.